The SMILES string of the molecule is Cc1cc(F)c([N+](=O)[O-])cc1Nc1nccc(-c2c3n(c4ccccc24)CC(O)C(O)C3)n1. The van der Waals surface area contributed by atoms with Crippen molar-refractivity contribution in [3.63, 3.8) is 0 Å². The maximum atomic E-state index is 13.9. The van der Waals surface area contributed by atoms with E-state index in [-0.39, 0.29) is 18.9 Å². The molecule has 2 aromatic heterocycles. The third-order valence-electron chi connectivity index (χ3n) is 5.94. The number of aryl methyl sites for hydroxylation is 1. The van der Waals surface area contributed by atoms with Crippen LogP contribution in [0.2, 0.25) is 0 Å². The lowest BCUT2D eigenvalue weighted by atomic mass is 9.99. The average Bonchev–Trinajstić information content (AvgIpc) is 3.09. The summed E-state index contributed by atoms with van der Waals surface area (Å²) in [7, 11) is 0. The molecule has 10 heteroatoms. The predicted octanol–water partition coefficient (Wildman–Crippen LogP) is 3.48. The zero-order valence-electron chi connectivity index (χ0n) is 17.6. The van der Waals surface area contributed by atoms with Crippen LogP contribution in [0.3, 0.4) is 0 Å². The molecule has 5 rings (SSSR count). The van der Waals surface area contributed by atoms with E-state index in [1.165, 1.54) is 0 Å². The molecule has 0 amide bonds. The van der Waals surface area contributed by atoms with Gasteiger partial charge in [0.25, 0.3) is 0 Å². The second kappa shape index (κ2) is 7.91. The summed E-state index contributed by atoms with van der Waals surface area (Å²) in [5.74, 6) is -0.720. The molecule has 1 aliphatic rings. The second-order valence-electron chi connectivity index (χ2n) is 8.05. The largest absolute Gasteiger partial charge is 0.390 e. The number of aromatic nitrogens is 3. The Kier molecular flexibility index (Phi) is 5.03. The van der Waals surface area contributed by atoms with E-state index in [0.29, 0.717) is 16.9 Å². The number of rotatable bonds is 4. The molecule has 1 aliphatic heterocycles. The lowest BCUT2D eigenvalue weighted by Gasteiger charge is -2.27. The minimum atomic E-state index is -0.912. The van der Waals surface area contributed by atoms with Gasteiger partial charge in [-0.1, -0.05) is 18.2 Å². The van der Waals surface area contributed by atoms with Gasteiger partial charge in [0.15, 0.2) is 0 Å². The average molecular weight is 449 g/mol. The van der Waals surface area contributed by atoms with Crippen molar-refractivity contribution in [2.45, 2.75) is 32.1 Å². The van der Waals surface area contributed by atoms with Crippen LogP contribution in [0.25, 0.3) is 22.2 Å². The van der Waals surface area contributed by atoms with Crippen molar-refractivity contribution in [3.8, 4) is 11.3 Å². The summed E-state index contributed by atoms with van der Waals surface area (Å²) in [4.78, 5) is 19.2. The van der Waals surface area contributed by atoms with Crippen LogP contribution in [0, 0.1) is 22.9 Å². The van der Waals surface area contributed by atoms with Gasteiger partial charge in [-0.05, 0) is 30.7 Å². The van der Waals surface area contributed by atoms with Gasteiger partial charge in [0, 0.05) is 40.8 Å². The number of aliphatic hydroxyl groups is 2. The number of fused-ring (bicyclic) bond motifs is 3. The molecule has 0 spiro atoms. The van der Waals surface area contributed by atoms with Crippen LogP contribution in [0.1, 0.15) is 11.3 Å². The van der Waals surface area contributed by atoms with Crippen molar-refractivity contribution in [3.05, 3.63) is 75.9 Å². The molecule has 33 heavy (non-hydrogen) atoms. The molecule has 0 saturated carbocycles. The first-order valence-corrected chi connectivity index (χ1v) is 10.3. The molecule has 0 saturated heterocycles. The Morgan fingerprint density at radius 2 is 2.00 bits per heavy atom. The fourth-order valence-corrected chi connectivity index (χ4v) is 4.32. The maximum absolute atomic E-state index is 13.9. The third kappa shape index (κ3) is 3.59. The number of hydrogen-bond acceptors (Lipinski definition) is 7. The Hall–Kier alpha value is -3.89. The molecule has 2 aromatic carbocycles. The van der Waals surface area contributed by atoms with Crippen LogP contribution in [0.4, 0.5) is 21.7 Å². The van der Waals surface area contributed by atoms with Crippen molar-refractivity contribution in [2.75, 3.05) is 5.32 Å². The summed E-state index contributed by atoms with van der Waals surface area (Å²) >= 11 is 0. The van der Waals surface area contributed by atoms with E-state index in [2.05, 4.69) is 15.3 Å². The highest BCUT2D eigenvalue weighted by Crippen LogP contribution is 2.37. The van der Waals surface area contributed by atoms with E-state index >= 15 is 0 Å². The monoisotopic (exact) mass is 449 g/mol. The number of nitro groups is 1. The Morgan fingerprint density at radius 1 is 1.21 bits per heavy atom. The van der Waals surface area contributed by atoms with Gasteiger partial charge in [-0.15, -0.1) is 0 Å². The van der Waals surface area contributed by atoms with E-state index in [4.69, 9.17) is 0 Å². The minimum Gasteiger partial charge on any atom is -0.390 e. The van der Waals surface area contributed by atoms with Crippen molar-refractivity contribution in [2.24, 2.45) is 0 Å². The van der Waals surface area contributed by atoms with Gasteiger partial charge in [-0.25, -0.2) is 9.97 Å². The number of halogens is 1. The van der Waals surface area contributed by atoms with Gasteiger partial charge < -0.3 is 20.1 Å². The Bertz CT molecular complexity index is 1400. The summed E-state index contributed by atoms with van der Waals surface area (Å²) in [5, 5.41) is 35.5. The normalized spacial score (nSPS) is 17.7. The van der Waals surface area contributed by atoms with E-state index < -0.39 is 28.6 Å². The Labute approximate surface area is 187 Å². The van der Waals surface area contributed by atoms with Crippen molar-refractivity contribution >= 4 is 28.2 Å². The molecule has 0 aliphatic carbocycles. The van der Waals surface area contributed by atoms with Gasteiger partial charge in [-0.2, -0.15) is 4.39 Å². The lowest BCUT2D eigenvalue weighted by molar-refractivity contribution is -0.387. The molecule has 3 heterocycles. The third-order valence-corrected chi connectivity index (χ3v) is 5.94. The van der Waals surface area contributed by atoms with E-state index in [0.717, 1.165) is 34.3 Å². The fourth-order valence-electron chi connectivity index (χ4n) is 4.32. The molecular weight excluding hydrogens is 429 g/mol. The summed E-state index contributed by atoms with van der Waals surface area (Å²) in [6.07, 6.45) is 0.0787. The standard InChI is InChI=1S/C23H20FN5O4/c1-12-8-14(24)18(29(32)33)9-16(12)27-23-25-7-6-15(26-23)22-13-4-2-3-5-17(13)28-11-21(31)20(30)10-19(22)28/h2-9,20-21,30-31H,10-11H2,1H3,(H,25,26,27). The zero-order valence-corrected chi connectivity index (χ0v) is 17.6. The van der Waals surface area contributed by atoms with Crippen LogP contribution in [-0.2, 0) is 13.0 Å². The number of nitrogens with one attached hydrogen (secondary N) is 1. The highest BCUT2D eigenvalue weighted by atomic mass is 19.1. The second-order valence-corrected chi connectivity index (χ2v) is 8.05. The Morgan fingerprint density at radius 3 is 2.79 bits per heavy atom. The van der Waals surface area contributed by atoms with Crippen LogP contribution in [0.5, 0.6) is 0 Å². The van der Waals surface area contributed by atoms with Gasteiger partial charge in [-0.3, -0.25) is 10.1 Å². The number of benzene rings is 2. The Balaban J connectivity index is 1.60. The zero-order chi connectivity index (χ0) is 23.3. The van der Waals surface area contributed by atoms with Crippen LogP contribution in [-0.4, -0.2) is 41.9 Å². The first-order valence-electron chi connectivity index (χ1n) is 10.3. The van der Waals surface area contributed by atoms with E-state index in [9.17, 15) is 24.7 Å². The number of nitrogens with zero attached hydrogens (tertiary/aromatic N) is 4. The summed E-state index contributed by atoms with van der Waals surface area (Å²) < 4.78 is 15.9. The molecule has 0 fully saturated rings. The number of anilines is 2. The first kappa shape index (κ1) is 21.0. The highest BCUT2D eigenvalue weighted by molar-refractivity contribution is 5.97. The van der Waals surface area contributed by atoms with Gasteiger partial charge in [0.05, 0.1) is 35.1 Å². The molecule has 4 aromatic rings. The minimum absolute atomic E-state index is 0.192. The molecule has 0 radical (unpaired) electrons. The molecule has 168 valence electrons. The number of nitro benzene ring substituents is 1. The van der Waals surface area contributed by atoms with Crippen LogP contribution < -0.4 is 5.32 Å². The van der Waals surface area contributed by atoms with Crippen LogP contribution >= 0.6 is 0 Å². The topological polar surface area (TPSA) is 126 Å². The fraction of sp³-hybridized carbons (Fsp3) is 0.217. The molecule has 0 bridgehead atoms. The van der Waals surface area contributed by atoms with Crippen molar-refractivity contribution in [1.82, 2.24) is 14.5 Å². The molecule has 3 N–H and O–H groups in total. The van der Waals surface area contributed by atoms with Gasteiger partial charge >= 0.3 is 5.69 Å². The van der Waals surface area contributed by atoms with Gasteiger partial charge in [0.2, 0.25) is 11.8 Å². The lowest BCUT2D eigenvalue weighted by Crippen LogP contribution is -2.37. The predicted molar refractivity (Wildman–Crippen MR) is 120 cm³/mol. The summed E-state index contributed by atoms with van der Waals surface area (Å²) in [6.45, 7) is 1.90. The quantitative estimate of drug-likeness (QED) is 0.322. The van der Waals surface area contributed by atoms with E-state index in [1.54, 1.807) is 19.2 Å². The van der Waals surface area contributed by atoms with Gasteiger partial charge in [0.1, 0.15) is 0 Å². The number of aliphatic hydroxyl groups excluding tert-OH is 2. The molecular formula is C23H20FN5O4. The van der Waals surface area contributed by atoms with Crippen LogP contribution in [0.15, 0.2) is 48.7 Å². The number of para-hydroxylation sites is 1. The molecule has 2 unspecified atom stereocenters. The highest BCUT2D eigenvalue weighted by Gasteiger charge is 2.30. The first-order chi connectivity index (χ1) is 15.8. The molecule has 9 nitrogen and oxygen atoms in total. The summed E-state index contributed by atoms with van der Waals surface area (Å²) in [5.41, 5.74) is 3.34. The smallest absolute Gasteiger partial charge is 0.306 e. The summed E-state index contributed by atoms with van der Waals surface area (Å²) in [6, 6.07) is 11.7. The number of hydrogen-bond donors (Lipinski definition) is 3. The van der Waals surface area contributed by atoms with E-state index in [1.807, 2.05) is 28.8 Å². The van der Waals surface area contributed by atoms with Crippen molar-refractivity contribution < 1.29 is 19.5 Å². The maximum Gasteiger partial charge on any atom is 0.306 e. The molecule has 2 atom stereocenters. The van der Waals surface area contributed by atoms with Crippen molar-refractivity contribution in [1.29, 1.82) is 0 Å².